The minimum absolute atomic E-state index is 0.0161. The number of carbonyl (C=O) groups is 1. The van der Waals surface area contributed by atoms with Gasteiger partial charge >= 0.3 is 5.97 Å². The van der Waals surface area contributed by atoms with Gasteiger partial charge < -0.3 is 10.0 Å². The van der Waals surface area contributed by atoms with E-state index in [9.17, 15) is 18.3 Å². The van der Waals surface area contributed by atoms with E-state index in [1.165, 1.54) is 20.2 Å². The van der Waals surface area contributed by atoms with E-state index in [0.717, 1.165) is 10.7 Å². The van der Waals surface area contributed by atoms with E-state index in [0.29, 0.717) is 12.2 Å². The fourth-order valence-electron chi connectivity index (χ4n) is 2.70. The number of rotatable bonds is 4. The Morgan fingerprint density at radius 1 is 1.33 bits per heavy atom. The van der Waals surface area contributed by atoms with Gasteiger partial charge in [-0.25, -0.2) is 17.5 Å². The quantitative estimate of drug-likeness (QED) is 0.905. The number of hydrogen-bond donors (Lipinski definition) is 1. The van der Waals surface area contributed by atoms with Crippen LogP contribution in [0.15, 0.2) is 29.2 Å². The largest absolute Gasteiger partial charge is 0.480 e. The number of para-hydroxylation sites is 1. The third kappa shape index (κ3) is 2.75. The number of carboxylic acids is 1. The molecule has 2 atom stereocenters. The van der Waals surface area contributed by atoms with Gasteiger partial charge in [-0.1, -0.05) is 19.1 Å². The Morgan fingerprint density at radius 3 is 2.52 bits per heavy atom. The first kappa shape index (κ1) is 15.8. The number of aliphatic carboxylic acids is 1. The van der Waals surface area contributed by atoms with Crippen LogP contribution >= 0.6 is 0 Å². The lowest BCUT2D eigenvalue weighted by atomic mass is 10.0. The van der Waals surface area contributed by atoms with Crippen LogP contribution in [-0.2, 0) is 14.8 Å². The molecule has 1 N–H and O–H groups in total. The van der Waals surface area contributed by atoms with Gasteiger partial charge in [0, 0.05) is 20.6 Å². The molecule has 1 aliphatic rings. The highest BCUT2D eigenvalue weighted by Gasteiger charge is 2.39. The average molecular weight is 312 g/mol. The van der Waals surface area contributed by atoms with Gasteiger partial charge in [0.15, 0.2) is 0 Å². The average Bonchev–Trinajstić information content (AvgIpc) is 2.80. The summed E-state index contributed by atoms with van der Waals surface area (Å²) in [5, 5.41) is 9.42. The van der Waals surface area contributed by atoms with Crippen LogP contribution in [0.3, 0.4) is 0 Å². The highest BCUT2D eigenvalue weighted by molar-refractivity contribution is 7.89. The van der Waals surface area contributed by atoms with Gasteiger partial charge in [0.2, 0.25) is 10.0 Å². The molecule has 21 heavy (non-hydrogen) atoms. The summed E-state index contributed by atoms with van der Waals surface area (Å²) in [6, 6.07) is 5.88. The van der Waals surface area contributed by atoms with Crippen LogP contribution in [-0.4, -0.2) is 50.5 Å². The normalized spacial score (nSPS) is 22.8. The zero-order valence-electron chi connectivity index (χ0n) is 12.4. The van der Waals surface area contributed by atoms with E-state index >= 15 is 0 Å². The van der Waals surface area contributed by atoms with Crippen molar-refractivity contribution in [1.82, 2.24) is 4.31 Å². The van der Waals surface area contributed by atoms with Gasteiger partial charge in [0.05, 0.1) is 5.69 Å². The van der Waals surface area contributed by atoms with Crippen molar-refractivity contribution in [3.8, 4) is 0 Å². The summed E-state index contributed by atoms with van der Waals surface area (Å²) in [4.78, 5) is 13.3. The molecule has 6 nitrogen and oxygen atoms in total. The molecule has 0 bridgehead atoms. The molecule has 0 radical (unpaired) electrons. The third-order valence-corrected chi connectivity index (χ3v) is 5.75. The van der Waals surface area contributed by atoms with Crippen LogP contribution in [0, 0.1) is 5.92 Å². The fourth-order valence-corrected chi connectivity index (χ4v) is 3.80. The van der Waals surface area contributed by atoms with Crippen molar-refractivity contribution in [2.45, 2.75) is 24.3 Å². The summed E-state index contributed by atoms with van der Waals surface area (Å²) in [5.74, 6) is -0.935. The topological polar surface area (TPSA) is 77.9 Å². The molecule has 1 aliphatic heterocycles. The second kappa shape index (κ2) is 5.65. The number of nitrogens with zero attached hydrogens (tertiary/aromatic N) is 2. The molecule has 0 amide bonds. The lowest BCUT2D eigenvalue weighted by molar-refractivity contribution is -0.139. The van der Waals surface area contributed by atoms with Crippen LogP contribution < -0.4 is 4.90 Å². The molecule has 1 fully saturated rings. The van der Waals surface area contributed by atoms with Gasteiger partial charge in [-0.2, -0.15) is 0 Å². The maximum Gasteiger partial charge on any atom is 0.326 e. The second-order valence-corrected chi connectivity index (χ2v) is 7.62. The standard InChI is InChI=1S/C14H20N2O4S/c1-10-8-9-16(13(10)14(17)18)11-6-4-5-7-12(11)21(19,20)15(2)3/h4-7,10,13H,8-9H2,1-3H3,(H,17,18). The predicted octanol–water partition coefficient (Wildman–Crippen LogP) is 1.24. The summed E-state index contributed by atoms with van der Waals surface area (Å²) in [5.41, 5.74) is 0.461. The molecule has 0 aliphatic carbocycles. The number of anilines is 1. The molecular weight excluding hydrogens is 292 g/mol. The molecule has 0 spiro atoms. The molecule has 0 saturated carbocycles. The van der Waals surface area contributed by atoms with Crippen LogP contribution in [0.1, 0.15) is 13.3 Å². The number of hydrogen-bond acceptors (Lipinski definition) is 4. The van der Waals surface area contributed by atoms with Crippen LogP contribution in [0.2, 0.25) is 0 Å². The Morgan fingerprint density at radius 2 is 1.95 bits per heavy atom. The van der Waals surface area contributed by atoms with Gasteiger partial charge in [-0.05, 0) is 24.5 Å². The first-order valence-corrected chi connectivity index (χ1v) is 8.22. The Labute approximate surface area is 125 Å². The highest BCUT2D eigenvalue weighted by atomic mass is 32.2. The minimum Gasteiger partial charge on any atom is -0.480 e. The van der Waals surface area contributed by atoms with Crippen molar-refractivity contribution in [3.05, 3.63) is 24.3 Å². The first-order valence-electron chi connectivity index (χ1n) is 6.78. The zero-order valence-corrected chi connectivity index (χ0v) is 13.2. The van der Waals surface area contributed by atoms with Gasteiger partial charge in [0.1, 0.15) is 10.9 Å². The summed E-state index contributed by atoms with van der Waals surface area (Å²) in [7, 11) is -0.682. The molecular formula is C14H20N2O4S. The van der Waals surface area contributed by atoms with Crippen molar-refractivity contribution in [3.63, 3.8) is 0 Å². The lowest BCUT2D eigenvalue weighted by Gasteiger charge is -2.28. The van der Waals surface area contributed by atoms with Crippen molar-refractivity contribution in [1.29, 1.82) is 0 Å². The van der Waals surface area contributed by atoms with Gasteiger partial charge in [-0.3, -0.25) is 0 Å². The van der Waals surface area contributed by atoms with Crippen LogP contribution in [0.5, 0.6) is 0 Å². The van der Waals surface area contributed by atoms with E-state index in [2.05, 4.69) is 0 Å². The maximum absolute atomic E-state index is 12.4. The van der Waals surface area contributed by atoms with Crippen molar-refractivity contribution < 1.29 is 18.3 Å². The molecule has 1 saturated heterocycles. The van der Waals surface area contributed by atoms with E-state index in [1.54, 1.807) is 23.1 Å². The fraction of sp³-hybridized carbons (Fsp3) is 0.500. The highest BCUT2D eigenvalue weighted by Crippen LogP contribution is 2.34. The number of sulfonamides is 1. The maximum atomic E-state index is 12.4. The summed E-state index contributed by atoms with van der Waals surface area (Å²) in [6.45, 7) is 2.42. The monoisotopic (exact) mass is 312 g/mol. The van der Waals surface area contributed by atoms with Crippen molar-refractivity contribution in [2.24, 2.45) is 5.92 Å². The van der Waals surface area contributed by atoms with E-state index in [4.69, 9.17) is 0 Å². The zero-order chi connectivity index (χ0) is 15.8. The van der Waals surface area contributed by atoms with Crippen molar-refractivity contribution >= 4 is 21.7 Å². The third-order valence-electron chi connectivity index (χ3n) is 3.89. The van der Waals surface area contributed by atoms with E-state index < -0.39 is 22.0 Å². The number of benzene rings is 1. The Hall–Kier alpha value is -1.60. The van der Waals surface area contributed by atoms with Crippen LogP contribution in [0.25, 0.3) is 0 Å². The van der Waals surface area contributed by atoms with Crippen LogP contribution in [0.4, 0.5) is 5.69 Å². The number of carboxylic acid groups (broad SMARTS) is 1. The molecule has 116 valence electrons. The SMILES string of the molecule is CC1CCN(c2ccccc2S(=O)(=O)N(C)C)C1C(=O)O. The Balaban J connectivity index is 2.54. The molecule has 1 heterocycles. The van der Waals surface area contributed by atoms with Gasteiger partial charge in [-0.15, -0.1) is 0 Å². The predicted molar refractivity (Wildman–Crippen MR) is 79.9 cm³/mol. The molecule has 2 rings (SSSR count). The molecule has 2 unspecified atom stereocenters. The minimum atomic E-state index is -3.61. The summed E-state index contributed by atoms with van der Waals surface area (Å²) < 4.78 is 26.0. The smallest absolute Gasteiger partial charge is 0.326 e. The van der Waals surface area contributed by atoms with E-state index in [-0.39, 0.29) is 10.8 Å². The molecule has 0 aromatic heterocycles. The Kier molecular flexibility index (Phi) is 4.25. The van der Waals surface area contributed by atoms with Crippen molar-refractivity contribution in [2.75, 3.05) is 25.5 Å². The Bertz CT molecular complexity index is 642. The molecule has 1 aromatic rings. The molecule has 7 heteroatoms. The summed E-state index contributed by atoms with van der Waals surface area (Å²) >= 11 is 0. The van der Waals surface area contributed by atoms with Gasteiger partial charge in [0.25, 0.3) is 0 Å². The second-order valence-electron chi connectivity index (χ2n) is 5.50. The van der Waals surface area contributed by atoms with E-state index in [1.807, 2.05) is 6.92 Å². The first-order chi connectivity index (χ1) is 9.76. The molecule has 1 aromatic carbocycles. The summed E-state index contributed by atoms with van der Waals surface area (Å²) in [6.07, 6.45) is 0.729. The lowest BCUT2D eigenvalue weighted by Crippen LogP contribution is -2.40.